The fourth-order valence-corrected chi connectivity index (χ4v) is 2.39. The highest BCUT2D eigenvalue weighted by Crippen LogP contribution is 2.27. The molecule has 0 saturated carbocycles. The molecule has 7 nitrogen and oxygen atoms in total. The molecule has 0 bridgehead atoms. The van der Waals surface area contributed by atoms with E-state index in [1.165, 1.54) is 13.2 Å². The zero-order chi connectivity index (χ0) is 17.0. The second-order valence-electron chi connectivity index (χ2n) is 4.35. The number of nitrogens with one attached hydrogen (secondary N) is 2. The molecule has 1 heterocycles. The van der Waals surface area contributed by atoms with Crippen LogP contribution >= 0.6 is 28.1 Å². The van der Waals surface area contributed by atoms with Gasteiger partial charge in [0.05, 0.1) is 11.6 Å². The van der Waals surface area contributed by atoms with E-state index >= 15 is 0 Å². The van der Waals surface area contributed by atoms with Crippen LogP contribution in [0.15, 0.2) is 28.2 Å². The zero-order valence-corrected chi connectivity index (χ0v) is 14.2. The molecular formula is C14H11BrN2O5S. The summed E-state index contributed by atoms with van der Waals surface area (Å²) in [5.74, 6) is -1.22. The highest BCUT2D eigenvalue weighted by molar-refractivity contribution is 9.10. The van der Waals surface area contributed by atoms with E-state index in [0.717, 1.165) is 0 Å². The predicted octanol–water partition coefficient (Wildman–Crippen LogP) is 0.915. The molecule has 1 aliphatic heterocycles. The molecule has 2 rings (SSSR count). The van der Waals surface area contributed by atoms with Gasteiger partial charge in [-0.25, -0.2) is 4.79 Å². The summed E-state index contributed by atoms with van der Waals surface area (Å²) in [6.07, 6.45) is 1.42. The Kier molecular flexibility index (Phi) is 5.45. The molecule has 1 saturated heterocycles. The fourth-order valence-electron chi connectivity index (χ4n) is 1.69. The Morgan fingerprint density at radius 3 is 2.52 bits per heavy atom. The Labute approximate surface area is 145 Å². The van der Waals surface area contributed by atoms with Crippen LogP contribution in [0.4, 0.5) is 0 Å². The minimum atomic E-state index is -0.569. The van der Waals surface area contributed by atoms with Gasteiger partial charge in [-0.1, -0.05) is 6.07 Å². The number of rotatable bonds is 4. The van der Waals surface area contributed by atoms with Gasteiger partial charge in [0.1, 0.15) is 11.3 Å². The topological polar surface area (TPSA) is 93.7 Å². The lowest BCUT2D eigenvalue weighted by Gasteiger charge is -2.16. The van der Waals surface area contributed by atoms with Gasteiger partial charge >= 0.3 is 5.97 Å². The average Bonchev–Trinajstić information content (AvgIpc) is 2.49. The Bertz CT molecular complexity index is 710. The first-order valence-electron chi connectivity index (χ1n) is 6.28. The van der Waals surface area contributed by atoms with E-state index in [1.807, 2.05) is 0 Å². The highest BCUT2D eigenvalue weighted by Gasteiger charge is 2.25. The van der Waals surface area contributed by atoms with E-state index in [4.69, 9.17) is 17.0 Å². The Balaban J connectivity index is 2.18. The lowest BCUT2D eigenvalue weighted by molar-refractivity contribution is -0.143. The standard InChI is InChI=1S/C14H11BrN2O5S/c1-21-11(18)6-22-10-3-2-7(5-9(10)15)4-8-12(19)16-14(23)17-13(8)20/h2-5H,6H2,1H3,(H2,16,17,19,20,23). The number of halogens is 1. The molecule has 2 N–H and O–H groups in total. The van der Waals surface area contributed by atoms with E-state index in [2.05, 4.69) is 31.3 Å². The van der Waals surface area contributed by atoms with Gasteiger partial charge < -0.3 is 9.47 Å². The number of carbonyl (C=O) groups excluding carboxylic acids is 3. The van der Waals surface area contributed by atoms with Crippen molar-refractivity contribution in [2.45, 2.75) is 0 Å². The van der Waals surface area contributed by atoms with E-state index in [0.29, 0.717) is 15.8 Å². The maximum Gasteiger partial charge on any atom is 0.343 e. The Hall–Kier alpha value is -2.26. The molecule has 0 spiro atoms. The number of carbonyl (C=O) groups is 3. The molecule has 1 aromatic rings. The quantitative estimate of drug-likeness (QED) is 0.339. The lowest BCUT2D eigenvalue weighted by atomic mass is 10.1. The molecule has 9 heteroatoms. The number of benzene rings is 1. The van der Waals surface area contributed by atoms with Crippen molar-refractivity contribution in [2.24, 2.45) is 0 Å². The minimum absolute atomic E-state index is 0.0233. The van der Waals surface area contributed by atoms with Crippen LogP contribution in [0.2, 0.25) is 0 Å². The largest absolute Gasteiger partial charge is 0.481 e. The molecule has 0 atom stereocenters. The molecule has 23 heavy (non-hydrogen) atoms. The first kappa shape index (κ1) is 17.1. The van der Waals surface area contributed by atoms with E-state index in [-0.39, 0.29) is 17.3 Å². The van der Waals surface area contributed by atoms with Crippen molar-refractivity contribution >= 4 is 57.1 Å². The summed E-state index contributed by atoms with van der Waals surface area (Å²) in [5, 5.41) is 4.68. The summed E-state index contributed by atoms with van der Waals surface area (Å²) in [6, 6.07) is 4.88. The van der Waals surface area contributed by atoms with Crippen LogP contribution in [-0.4, -0.2) is 36.6 Å². The van der Waals surface area contributed by atoms with Crippen LogP contribution < -0.4 is 15.4 Å². The van der Waals surface area contributed by atoms with Gasteiger partial charge in [0, 0.05) is 0 Å². The van der Waals surface area contributed by atoms with Crippen molar-refractivity contribution in [3.05, 3.63) is 33.8 Å². The first-order valence-corrected chi connectivity index (χ1v) is 7.48. The van der Waals surface area contributed by atoms with Crippen LogP contribution in [0, 0.1) is 0 Å². The molecule has 0 aliphatic carbocycles. The third kappa shape index (κ3) is 4.36. The predicted molar refractivity (Wildman–Crippen MR) is 88.5 cm³/mol. The van der Waals surface area contributed by atoms with Crippen LogP contribution in [0.3, 0.4) is 0 Å². The Morgan fingerprint density at radius 1 is 1.30 bits per heavy atom. The van der Waals surface area contributed by atoms with Crippen molar-refractivity contribution in [3.8, 4) is 5.75 Å². The summed E-state index contributed by atoms with van der Waals surface area (Å²) in [7, 11) is 1.27. The van der Waals surface area contributed by atoms with Gasteiger partial charge in [-0.3, -0.25) is 20.2 Å². The van der Waals surface area contributed by atoms with Gasteiger partial charge in [-0.2, -0.15) is 0 Å². The molecule has 2 amide bonds. The number of thiocarbonyl (C=S) groups is 1. The summed E-state index contributed by atoms with van der Waals surface area (Å²) in [6.45, 7) is -0.224. The summed E-state index contributed by atoms with van der Waals surface area (Å²) < 4.78 is 10.3. The molecule has 0 radical (unpaired) electrons. The van der Waals surface area contributed by atoms with Gasteiger partial charge in [-0.05, 0) is 51.9 Å². The molecular weight excluding hydrogens is 388 g/mol. The number of esters is 1. The number of amides is 2. The zero-order valence-electron chi connectivity index (χ0n) is 11.8. The molecule has 0 unspecified atom stereocenters. The molecule has 0 aromatic heterocycles. The second kappa shape index (κ2) is 7.34. The van der Waals surface area contributed by atoms with Crippen molar-refractivity contribution in [1.29, 1.82) is 0 Å². The highest BCUT2D eigenvalue weighted by atomic mass is 79.9. The maximum absolute atomic E-state index is 11.8. The van der Waals surface area contributed by atoms with Gasteiger partial charge in [0.2, 0.25) is 0 Å². The van der Waals surface area contributed by atoms with Gasteiger partial charge in [0.25, 0.3) is 11.8 Å². The summed E-state index contributed by atoms with van der Waals surface area (Å²) in [5.41, 5.74) is 0.532. The van der Waals surface area contributed by atoms with Crippen LogP contribution in [0.1, 0.15) is 5.56 Å². The average molecular weight is 399 g/mol. The van der Waals surface area contributed by atoms with Crippen LogP contribution in [-0.2, 0) is 19.1 Å². The third-order valence-electron chi connectivity index (χ3n) is 2.78. The second-order valence-corrected chi connectivity index (χ2v) is 5.61. The molecule has 1 aromatic carbocycles. The number of hydrogen-bond acceptors (Lipinski definition) is 6. The van der Waals surface area contributed by atoms with Crippen molar-refractivity contribution in [3.63, 3.8) is 0 Å². The van der Waals surface area contributed by atoms with Crippen molar-refractivity contribution in [2.75, 3.05) is 13.7 Å². The van der Waals surface area contributed by atoms with Crippen LogP contribution in [0.25, 0.3) is 6.08 Å². The normalized spacial score (nSPS) is 14.0. The van der Waals surface area contributed by atoms with E-state index in [1.54, 1.807) is 18.2 Å². The van der Waals surface area contributed by atoms with Crippen LogP contribution in [0.5, 0.6) is 5.75 Å². The molecule has 1 fully saturated rings. The van der Waals surface area contributed by atoms with E-state index < -0.39 is 17.8 Å². The summed E-state index contributed by atoms with van der Waals surface area (Å²) >= 11 is 8.02. The Morgan fingerprint density at radius 2 is 1.96 bits per heavy atom. The monoisotopic (exact) mass is 398 g/mol. The number of ether oxygens (including phenoxy) is 2. The third-order valence-corrected chi connectivity index (χ3v) is 3.61. The SMILES string of the molecule is COC(=O)COc1ccc(C=C2C(=O)NC(=S)NC2=O)cc1Br. The van der Waals surface area contributed by atoms with Gasteiger partial charge in [0.15, 0.2) is 11.7 Å². The first-order chi connectivity index (χ1) is 10.9. The van der Waals surface area contributed by atoms with E-state index in [9.17, 15) is 14.4 Å². The smallest absolute Gasteiger partial charge is 0.343 e. The molecule has 120 valence electrons. The van der Waals surface area contributed by atoms with Gasteiger partial charge in [-0.15, -0.1) is 0 Å². The van der Waals surface area contributed by atoms with Crippen molar-refractivity contribution in [1.82, 2.24) is 10.6 Å². The maximum atomic E-state index is 11.8. The summed E-state index contributed by atoms with van der Waals surface area (Å²) in [4.78, 5) is 34.6. The number of methoxy groups -OCH3 is 1. The molecule has 1 aliphatic rings. The minimum Gasteiger partial charge on any atom is -0.481 e. The lowest BCUT2D eigenvalue weighted by Crippen LogP contribution is -2.51. The number of hydrogen-bond donors (Lipinski definition) is 2. The fraction of sp³-hybridized carbons (Fsp3) is 0.143. The van der Waals surface area contributed by atoms with Crippen molar-refractivity contribution < 1.29 is 23.9 Å².